The SMILES string of the molecule is Cc1ccc(C2CCC(CP(C)(=O)OC(C)C)CC2)cc1. The second-order valence-corrected chi connectivity index (χ2v) is 9.58. The summed E-state index contributed by atoms with van der Waals surface area (Å²) in [5, 5.41) is 0. The molecule has 2 rings (SSSR count). The summed E-state index contributed by atoms with van der Waals surface area (Å²) in [7, 11) is -2.42. The average molecular weight is 308 g/mol. The van der Waals surface area contributed by atoms with Crippen molar-refractivity contribution in [1.82, 2.24) is 0 Å². The second-order valence-electron chi connectivity index (χ2n) is 6.98. The average Bonchev–Trinajstić information content (AvgIpc) is 2.38. The van der Waals surface area contributed by atoms with Gasteiger partial charge in [0.15, 0.2) is 0 Å². The first-order valence-electron chi connectivity index (χ1n) is 8.17. The smallest absolute Gasteiger partial charge is 0.200 e. The highest BCUT2D eigenvalue weighted by atomic mass is 31.2. The molecule has 0 spiro atoms. The molecule has 0 aromatic heterocycles. The highest BCUT2D eigenvalue weighted by molar-refractivity contribution is 7.58. The molecule has 0 radical (unpaired) electrons. The Morgan fingerprint density at radius 1 is 1.14 bits per heavy atom. The minimum absolute atomic E-state index is 0.0599. The zero-order chi connectivity index (χ0) is 15.5. The molecule has 1 aliphatic rings. The van der Waals surface area contributed by atoms with Crippen LogP contribution < -0.4 is 0 Å². The second kappa shape index (κ2) is 7.11. The van der Waals surface area contributed by atoms with E-state index in [0.29, 0.717) is 11.8 Å². The zero-order valence-electron chi connectivity index (χ0n) is 13.8. The van der Waals surface area contributed by atoms with Crippen LogP contribution in [0.3, 0.4) is 0 Å². The van der Waals surface area contributed by atoms with Gasteiger partial charge in [-0.05, 0) is 63.9 Å². The van der Waals surface area contributed by atoms with Crippen LogP contribution in [0, 0.1) is 12.8 Å². The largest absolute Gasteiger partial charge is 0.326 e. The number of hydrogen-bond acceptors (Lipinski definition) is 2. The van der Waals surface area contributed by atoms with Crippen LogP contribution in [0.15, 0.2) is 24.3 Å². The molecular formula is C18H29O2P. The van der Waals surface area contributed by atoms with E-state index in [-0.39, 0.29) is 6.10 Å². The molecule has 1 fully saturated rings. The molecule has 118 valence electrons. The van der Waals surface area contributed by atoms with Gasteiger partial charge in [-0.15, -0.1) is 0 Å². The van der Waals surface area contributed by atoms with Crippen molar-refractivity contribution in [2.75, 3.05) is 12.8 Å². The predicted octanol–water partition coefficient (Wildman–Crippen LogP) is 5.60. The minimum Gasteiger partial charge on any atom is -0.326 e. The first-order valence-corrected chi connectivity index (χ1v) is 10.4. The fraction of sp³-hybridized carbons (Fsp3) is 0.667. The van der Waals surface area contributed by atoms with E-state index in [0.717, 1.165) is 6.16 Å². The molecule has 3 heteroatoms. The van der Waals surface area contributed by atoms with Crippen LogP contribution in [-0.2, 0) is 9.09 Å². The van der Waals surface area contributed by atoms with Crippen molar-refractivity contribution < 1.29 is 9.09 Å². The summed E-state index contributed by atoms with van der Waals surface area (Å²) >= 11 is 0. The summed E-state index contributed by atoms with van der Waals surface area (Å²) in [4.78, 5) is 0. The molecule has 2 nitrogen and oxygen atoms in total. The van der Waals surface area contributed by atoms with Crippen molar-refractivity contribution in [3.8, 4) is 0 Å². The van der Waals surface area contributed by atoms with Crippen LogP contribution in [0.25, 0.3) is 0 Å². The van der Waals surface area contributed by atoms with Crippen LogP contribution in [0.1, 0.15) is 56.6 Å². The predicted molar refractivity (Wildman–Crippen MR) is 90.5 cm³/mol. The van der Waals surface area contributed by atoms with E-state index >= 15 is 0 Å². The van der Waals surface area contributed by atoms with Crippen molar-refractivity contribution in [1.29, 1.82) is 0 Å². The van der Waals surface area contributed by atoms with Crippen molar-refractivity contribution in [2.24, 2.45) is 5.92 Å². The van der Waals surface area contributed by atoms with Gasteiger partial charge in [0.2, 0.25) is 7.37 Å². The topological polar surface area (TPSA) is 26.3 Å². The summed E-state index contributed by atoms with van der Waals surface area (Å²) in [5.74, 6) is 1.25. The molecule has 0 saturated heterocycles. The van der Waals surface area contributed by atoms with Gasteiger partial charge in [0.05, 0.1) is 6.10 Å². The van der Waals surface area contributed by atoms with Gasteiger partial charge in [-0.1, -0.05) is 29.8 Å². The molecule has 1 aliphatic carbocycles. The molecular weight excluding hydrogens is 279 g/mol. The third kappa shape index (κ3) is 5.27. The Labute approximate surface area is 129 Å². The number of hydrogen-bond donors (Lipinski definition) is 0. The van der Waals surface area contributed by atoms with Crippen LogP contribution in [-0.4, -0.2) is 18.9 Å². The first kappa shape index (κ1) is 16.8. The van der Waals surface area contributed by atoms with E-state index in [2.05, 4.69) is 31.2 Å². The zero-order valence-corrected chi connectivity index (χ0v) is 14.7. The maximum atomic E-state index is 12.5. The molecule has 1 unspecified atom stereocenters. The first-order chi connectivity index (χ1) is 9.85. The molecule has 0 aliphatic heterocycles. The molecule has 0 amide bonds. The van der Waals surface area contributed by atoms with Crippen LogP contribution in [0.5, 0.6) is 0 Å². The molecule has 0 N–H and O–H groups in total. The van der Waals surface area contributed by atoms with Crippen molar-refractivity contribution in [3.05, 3.63) is 35.4 Å². The van der Waals surface area contributed by atoms with E-state index in [9.17, 15) is 4.57 Å². The highest BCUT2D eigenvalue weighted by Crippen LogP contribution is 2.49. The Hall–Kier alpha value is -0.590. The number of benzene rings is 1. The fourth-order valence-electron chi connectivity index (χ4n) is 3.47. The Bertz CT molecular complexity index is 484. The van der Waals surface area contributed by atoms with Crippen molar-refractivity contribution >= 4 is 7.37 Å². The van der Waals surface area contributed by atoms with Crippen LogP contribution in [0.4, 0.5) is 0 Å². The standard InChI is InChI=1S/C18H29O2P/c1-14(2)20-21(4,19)13-16-7-11-18(12-8-16)17-9-5-15(3)6-10-17/h5-6,9-10,14,16,18H,7-8,11-13H2,1-4H3. The summed E-state index contributed by atoms with van der Waals surface area (Å²) in [6, 6.07) is 8.95. The molecule has 0 heterocycles. The van der Waals surface area contributed by atoms with Gasteiger partial charge in [0, 0.05) is 12.8 Å². The van der Waals surface area contributed by atoms with Gasteiger partial charge in [-0.25, -0.2) is 0 Å². The number of aryl methyl sites for hydroxylation is 1. The third-order valence-electron chi connectivity index (χ3n) is 4.42. The lowest BCUT2D eigenvalue weighted by molar-refractivity contribution is 0.239. The van der Waals surface area contributed by atoms with E-state index < -0.39 is 7.37 Å². The maximum Gasteiger partial charge on any atom is 0.200 e. The minimum atomic E-state index is -2.42. The van der Waals surface area contributed by atoms with Gasteiger partial charge < -0.3 is 4.52 Å². The quantitative estimate of drug-likeness (QED) is 0.662. The lowest BCUT2D eigenvalue weighted by atomic mass is 9.79. The lowest BCUT2D eigenvalue weighted by Gasteiger charge is -2.30. The Balaban J connectivity index is 1.86. The Morgan fingerprint density at radius 3 is 2.24 bits per heavy atom. The molecule has 1 aromatic carbocycles. The van der Waals surface area contributed by atoms with E-state index in [1.54, 1.807) is 6.66 Å². The summed E-state index contributed by atoms with van der Waals surface area (Å²) in [5.41, 5.74) is 2.79. The van der Waals surface area contributed by atoms with E-state index in [1.807, 2.05) is 13.8 Å². The molecule has 1 aromatic rings. The van der Waals surface area contributed by atoms with Gasteiger partial charge >= 0.3 is 0 Å². The lowest BCUT2D eigenvalue weighted by Crippen LogP contribution is -2.17. The van der Waals surface area contributed by atoms with Crippen LogP contribution in [0.2, 0.25) is 0 Å². The Morgan fingerprint density at radius 2 is 1.71 bits per heavy atom. The van der Waals surface area contributed by atoms with Crippen LogP contribution >= 0.6 is 7.37 Å². The Kier molecular flexibility index (Phi) is 5.68. The van der Waals surface area contributed by atoms with Crippen molar-refractivity contribution in [3.63, 3.8) is 0 Å². The maximum absolute atomic E-state index is 12.5. The summed E-state index contributed by atoms with van der Waals surface area (Å²) in [6.45, 7) is 7.86. The highest BCUT2D eigenvalue weighted by Gasteiger charge is 2.28. The third-order valence-corrected chi connectivity index (χ3v) is 6.47. The molecule has 21 heavy (non-hydrogen) atoms. The van der Waals surface area contributed by atoms with Gasteiger partial charge in [0.1, 0.15) is 0 Å². The summed E-state index contributed by atoms with van der Waals surface area (Å²) < 4.78 is 18.1. The van der Waals surface area contributed by atoms with Gasteiger partial charge in [-0.2, -0.15) is 0 Å². The van der Waals surface area contributed by atoms with Gasteiger partial charge in [-0.3, -0.25) is 4.57 Å². The van der Waals surface area contributed by atoms with Crippen molar-refractivity contribution in [2.45, 2.75) is 58.5 Å². The van der Waals surface area contributed by atoms with E-state index in [4.69, 9.17) is 4.52 Å². The molecule has 1 saturated carbocycles. The molecule has 1 atom stereocenters. The van der Waals surface area contributed by atoms with Gasteiger partial charge in [0.25, 0.3) is 0 Å². The molecule has 0 bridgehead atoms. The van der Waals surface area contributed by atoms with E-state index in [1.165, 1.54) is 36.8 Å². The monoisotopic (exact) mass is 308 g/mol. The normalized spacial score (nSPS) is 25.8. The number of rotatable bonds is 5. The summed E-state index contributed by atoms with van der Waals surface area (Å²) in [6.07, 6.45) is 5.61. The fourth-order valence-corrected chi connectivity index (χ4v) is 5.76.